The van der Waals surface area contributed by atoms with Crippen molar-refractivity contribution in [1.29, 1.82) is 0 Å². The van der Waals surface area contributed by atoms with Crippen LogP contribution < -0.4 is 0 Å². The zero-order valence-electron chi connectivity index (χ0n) is 33.4. The molecule has 5 heteroatoms. The smallest absolute Gasteiger partial charge is 0.306 e. The van der Waals surface area contributed by atoms with E-state index in [4.69, 9.17) is 4.74 Å². The Balaban J connectivity index is 4.07. The van der Waals surface area contributed by atoms with E-state index in [0.29, 0.717) is 18.7 Å². The van der Waals surface area contributed by atoms with Gasteiger partial charge in [-0.15, -0.1) is 0 Å². The number of nitrogens with zero attached hydrogens (tertiary/aromatic N) is 2. The zero-order valence-corrected chi connectivity index (χ0v) is 33.4. The maximum absolute atomic E-state index is 12.7. The highest BCUT2D eigenvalue weighted by Crippen LogP contribution is 2.18. The molecule has 0 aromatic carbocycles. The van der Waals surface area contributed by atoms with Crippen molar-refractivity contribution in [3.05, 3.63) is 0 Å². The molecule has 0 bridgehead atoms. The first-order valence-electron chi connectivity index (χ1n) is 21.6. The summed E-state index contributed by atoms with van der Waals surface area (Å²) < 4.78 is 6.04. The van der Waals surface area contributed by atoms with Crippen LogP contribution in [0.3, 0.4) is 0 Å². The highest BCUT2D eigenvalue weighted by molar-refractivity contribution is 5.75. The van der Waals surface area contributed by atoms with Gasteiger partial charge in [0.2, 0.25) is 5.91 Å². The van der Waals surface area contributed by atoms with E-state index in [2.05, 4.69) is 32.6 Å². The van der Waals surface area contributed by atoms with Crippen molar-refractivity contribution in [2.75, 3.05) is 33.2 Å². The topological polar surface area (TPSA) is 49.9 Å². The number of amides is 1. The molecule has 286 valence electrons. The molecule has 0 aliphatic carbocycles. The van der Waals surface area contributed by atoms with Gasteiger partial charge in [0, 0.05) is 26.4 Å². The van der Waals surface area contributed by atoms with E-state index >= 15 is 0 Å². The normalized spacial score (nSPS) is 11.6. The summed E-state index contributed by atoms with van der Waals surface area (Å²) in [4.78, 5) is 29.8. The summed E-state index contributed by atoms with van der Waals surface area (Å²) in [6.45, 7) is 13.5. The Morgan fingerprint density at radius 2 is 0.833 bits per heavy atom. The van der Waals surface area contributed by atoms with Crippen LogP contribution in [0.4, 0.5) is 0 Å². The second-order valence-corrected chi connectivity index (χ2v) is 15.0. The predicted octanol–water partition coefficient (Wildman–Crippen LogP) is 12.8. The quantitative estimate of drug-likeness (QED) is 0.0482. The average molecular weight is 679 g/mol. The van der Waals surface area contributed by atoms with E-state index in [1.807, 2.05) is 11.9 Å². The van der Waals surface area contributed by atoms with Gasteiger partial charge in [-0.2, -0.15) is 0 Å². The molecule has 1 amide bonds. The molecule has 0 unspecified atom stereocenters. The third kappa shape index (κ3) is 32.1. The van der Waals surface area contributed by atoms with Crippen LogP contribution in [-0.2, 0) is 14.3 Å². The molecule has 0 aliphatic heterocycles. The van der Waals surface area contributed by atoms with E-state index in [1.165, 1.54) is 154 Å². The second-order valence-electron chi connectivity index (χ2n) is 15.0. The lowest BCUT2D eigenvalue weighted by Gasteiger charge is -2.22. The molecule has 0 aromatic heterocycles. The standard InChI is InChI=1S/C43H86N2O3/c1-6-10-13-16-20-26-33-41(34-27-21-17-14-11-7-2)48-43(47)36-29-22-19-24-31-39-45(37-9-4)40-32-25-28-35-42(46)44(5)38-30-23-18-15-12-8-3/h41H,6-40H2,1-5H3. The number of unbranched alkanes of at least 4 members (excludes halogenated alkanes) is 21. The fourth-order valence-corrected chi connectivity index (χ4v) is 6.83. The molecular formula is C43H86N2O3. The van der Waals surface area contributed by atoms with Crippen molar-refractivity contribution in [3.8, 4) is 0 Å². The first kappa shape index (κ1) is 46.9. The minimum Gasteiger partial charge on any atom is -0.462 e. The molecule has 0 saturated heterocycles. The van der Waals surface area contributed by atoms with Gasteiger partial charge in [-0.3, -0.25) is 9.59 Å². The summed E-state index contributed by atoms with van der Waals surface area (Å²) in [5.74, 6) is 0.362. The molecule has 0 heterocycles. The third-order valence-corrected chi connectivity index (χ3v) is 10.1. The van der Waals surface area contributed by atoms with Crippen LogP contribution in [0.1, 0.15) is 227 Å². The Morgan fingerprint density at radius 1 is 0.438 bits per heavy atom. The van der Waals surface area contributed by atoms with Crippen LogP contribution in [0.2, 0.25) is 0 Å². The van der Waals surface area contributed by atoms with Crippen molar-refractivity contribution >= 4 is 11.9 Å². The number of carbonyl (C=O) groups is 2. The van der Waals surface area contributed by atoms with Crippen molar-refractivity contribution in [3.63, 3.8) is 0 Å². The minimum atomic E-state index is 0.0391. The lowest BCUT2D eigenvalue weighted by Crippen LogP contribution is -2.28. The Bertz CT molecular complexity index is 669. The van der Waals surface area contributed by atoms with Gasteiger partial charge in [0.15, 0.2) is 0 Å². The van der Waals surface area contributed by atoms with E-state index in [9.17, 15) is 9.59 Å². The molecule has 0 N–H and O–H groups in total. The van der Waals surface area contributed by atoms with Gasteiger partial charge < -0.3 is 14.5 Å². The molecule has 0 saturated carbocycles. The predicted molar refractivity (Wildman–Crippen MR) is 210 cm³/mol. The van der Waals surface area contributed by atoms with Crippen molar-refractivity contribution in [2.24, 2.45) is 0 Å². The van der Waals surface area contributed by atoms with Crippen molar-refractivity contribution in [1.82, 2.24) is 9.80 Å². The molecule has 5 nitrogen and oxygen atoms in total. The maximum atomic E-state index is 12.7. The molecule has 0 spiro atoms. The van der Waals surface area contributed by atoms with Gasteiger partial charge >= 0.3 is 5.97 Å². The monoisotopic (exact) mass is 679 g/mol. The molecule has 0 rings (SSSR count). The lowest BCUT2D eigenvalue weighted by atomic mass is 10.0. The fraction of sp³-hybridized carbons (Fsp3) is 0.953. The average Bonchev–Trinajstić information content (AvgIpc) is 3.08. The van der Waals surface area contributed by atoms with Crippen LogP contribution in [0.25, 0.3) is 0 Å². The van der Waals surface area contributed by atoms with Crippen molar-refractivity contribution < 1.29 is 14.3 Å². The molecule has 0 aromatic rings. The van der Waals surface area contributed by atoms with Gasteiger partial charge in [-0.25, -0.2) is 0 Å². The molecule has 0 aliphatic rings. The van der Waals surface area contributed by atoms with E-state index in [0.717, 1.165) is 58.0 Å². The number of carbonyl (C=O) groups excluding carboxylic acids is 2. The number of hydrogen-bond acceptors (Lipinski definition) is 4. The van der Waals surface area contributed by atoms with Crippen molar-refractivity contribution in [2.45, 2.75) is 233 Å². The van der Waals surface area contributed by atoms with E-state index in [-0.39, 0.29) is 12.1 Å². The summed E-state index contributed by atoms with van der Waals surface area (Å²) in [5.41, 5.74) is 0. The summed E-state index contributed by atoms with van der Waals surface area (Å²) in [7, 11) is 1.98. The van der Waals surface area contributed by atoms with Crippen LogP contribution in [-0.4, -0.2) is 61.0 Å². The first-order chi connectivity index (χ1) is 23.5. The van der Waals surface area contributed by atoms with Gasteiger partial charge in [0.05, 0.1) is 0 Å². The Labute approximate surface area is 301 Å². The van der Waals surface area contributed by atoms with Gasteiger partial charge in [0.1, 0.15) is 6.10 Å². The molecule has 0 atom stereocenters. The highest BCUT2D eigenvalue weighted by Gasteiger charge is 2.14. The second kappa shape index (κ2) is 37.2. The Hall–Kier alpha value is -1.10. The van der Waals surface area contributed by atoms with Gasteiger partial charge in [0.25, 0.3) is 0 Å². The molecular weight excluding hydrogens is 592 g/mol. The highest BCUT2D eigenvalue weighted by atomic mass is 16.5. The fourth-order valence-electron chi connectivity index (χ4n) is 6.83. The zero-order chi connectivity index (χ0) is 35.3. The van der Waals surface area contributed by atoms with Crippen LogP contribution in [0.5, 0.6) is 0 Å². The SMILES string of the molecule is CCCCCCCCC(CCCCCCCC)OC(=O)CCCCCCCN(CCC)CCCCCC(=O)N(C)CCCCCCCC. The number of hydrogen-bond donors (Lipinski definition) is 0. The minimum absolute atomic E-state index is 0.0391. The first-order valence-corrected chi connectivity index (χ1v) is 21.6. The Morgan fingerprint density at radius 3 is 1.33 bits per heavy atom. The summed E-state index contributed by atoms with van der Waals surface area (Å²) >= 11 is 0. The largest absolute Gasteiger partial charge is 0.462 e. The van der Waals surface area contributed by atoms with Crippen LogP contribution in [0.15, 0.2) is 0 Å². The molecule has 48 heavy (non-hydrogen) atoms. The maximum Gasteiger partial charge on any atom is 0.306 e. The number of ether oxygens (including phenoxy) is 1. The summed E-state index contributed by atoms with van der Waals surface area (Å²) in [6, 6.07) is 0. The summed E-state index contributed by atoms with van der Waals surface area (Å²) in [6.07, 6.45) is 37.0. The van der Waals surface area contributed by atoms with Gasteiger partial charge in [-0.05, 0) is 83.8 Å². The van der Waals surface area contributed by atoms with E-state index in [1.54, 1.807) is 0 Å². The van der Waals surface area contributed by atoms with Crippen LogP contribution in [0, 0.1) is 0 Å². The third-order valence-electron chi connectivity index (χ3n) is 10.1. The molecule has 0 fully saturated rings. The summed E-state index contributed by atoms with van der Waals surface area (Å²) in [5, 5.41) is 0. The number of esters is 1. The number of rotatable bonds is 38. The Kier molecular flexibility index (Phi) is 36.3. The lowest BCUT2D eigenvalue weighted by molar-refractivity contribution is -0.150. The van der Waals surface area contributed by atoms with Crippen LogP contribution >= 0.6 is 0 Å². The molecule has 0 radical (unpaired) electrons. The van der Waals surface area contributed by atoms with Gasteiger partial charge in [-0.1, -0.05) is 150 Å². The van der Waals surface area contributed by atoms with E-state index < -0.39 is 0 Å².